The van der Waals surface area contributed by atoms with E-state index < -0.39 is 22.7 Å². The maximum atomic E-state index is 10.0. The van der Waals surface area contributed by atoms with Gasteiger partial charge in [-0.15, -0.1) is 0 Å². The molecular formula is C18H18N4O3. The Morgan fingerprint density at radius 2 is 2.04 bits per heavy atom. The van der Waals surface area contributed by atoms with Gasteiger partial charge in [0.05, 0.1) is 31.5 Å². The molecule has 7 nitrogen and oxygen atoms in total. The number of ether oxygens (including phenoxy) is 3. The molecule has 5 atom stereocenters. The van der Waals surface area contributed by atoms with Crippen LogP contribution in [0.15, 0.2) is 29.3 Å². The number of nitriles is 2. The van der Waals surface area contributed by atoms with Gasteiger partial charge in [-0.1, -0.05) is 12.1 Å². The summed E-state index contributed by atoms with van der Waals surface area (Å²) in [5.41, 5.74) is 4.42. The van der Waals surface area contributed by atoms with Crippen molar-refractivity contribution in [3.63, 3.8) is 0 Å². The summed E-state index contributed by atoms with van der Waals surface area (Å²) in [6.45, 7) is 4.62. The summed E-state index contributed by atoms with van der Waals surface area (Å²) in [6.07, 6.45) is -0.224. The summed E-state index contributed by atoms with van der Waals surface area (Å²) in [5.74, 6) is -1.14. The first kappa shape index (κ1) is 15.9. The Kier molecular flexibility index (Phi) is 3.15. The van der Waals surface area contributed by atoms with Crippen LogP contribution in [0.4, 0.5) is 0 Å². The van der Waals surface area contributed by atoms with Gasteiger partial charge in [0.2, 0.25) is 0 Å². The molecule has 2 aliphatic heterocycles. The van der Waals surface area contributed by atoms with Crippen LogP contribution in [0.25, 0.3) is 0 Å². The van der Waals surface area contributed by atoms with E-state index in [0.717, 1.165) is 11.3 Å². The zero-order valence-electron chi connectivity index (χ0n) is 14.0. The highest BCUT2D eigenvalue weighted by Crippen LogP contribution is 2.82. The smallest absolute Gasteiger partial charge is 0.293 e. The maximum Gasteiger partial charge on any atom is 0.293 e. The number of nitrogens with zero attached hydrogens (tertiary/aromatic N) is 3. The quantitative estimate of drug-likeness (QED) is 0.896. The van der Waals surface area contributed by atoms with Gasteiger partial charge in [0, 0.05) is 5.92 Å². The summed E-state index contributed by atoms with van der Waals surface area (Å²) in [6, 6.07) is 11.9. The van der Waals surface area contributed by atoms with E-state index in [0.29, 0.717) is 13.2 Å². The summed E-state index contributed by atoms with van der Waals surface area (Å²) in [4.78, 5) is 4.29. The number of fused-ring (bicyclic) bond motifs is 2. The van der Waals surface area contributed by atoms with Crippen molar-refractivity contribution in [3.8, 4) is 17.9 Å². The summed E-state index contributed by atoms with van der Waals surface area (Å²) in [5, 5.41) is 20.0. The van der Waals surface area contributed by atoms with E-state index in [4.69, 9.17) is 19.9 Å². The third kappa shape index (κ3) is 1.62. The lowest BCUT2D eigenvalue weighted by molar-refractivity contribution is -0.193. The van der Waals surface area contributed by atoms with Gasteiger partial charge >= 0.3 is 0 Å². The van der Waals surface area contributed by atoms with Gasteiger partial charge < -0.3 is 19.9 Å². The average molecular weight is 338 g/mol. The Morgan fingerprint density at radius 3 is 2.56 bits per heavy atom. The number of hydrogen-bond donors (Lipinski definition) is 1. The van der Waals surface area contributed by atoms with E-state index in [1.54, 1.807) is 0 Å². The predicted molar refractivity (Wildman–Crippen MR) is 87.3 cm³/mol. The zero-order valence-corrected chi connectivity index (χ0v) is 14.0. The molecule has 0 radical (unpaired) electrons. The molecule has 0 bridgehead atoms. The van der Waals surface area contributed by atoms with E-state index in [-0.39, 0.29) is 11.9 Å². The highest BCUT2D eigenvalue weighted by Gasteiger charge is 2.94. The second kappa shape index (κ2) is 4.95. The van der Waals surface area contributed by atoms with Crippen LogP contribution >= 0.6 is 0 Å². The number of amidine groups is 1. The van der Waals surface area contributed by atoms with E-state index in [9.17, 15) is 10.5 Å². The van der Waals surface area contributed by atoms with Gasteiger partial charge in [0.25, 0.3) is 5.91 Å². The normalized spacial score (nSPS) is 40.9. The van der Waals surface area contributed by atoms with Gasteiger partial charge in [-0.25, -0.2) is 4.99 Å². The van der Waals surface area contributed by atoms with Crippen LogP contribution in [0.1, 0.15) is 25.3 Å². The Hall–Kier alpha value is -2.61. The van der Waals surface area contributed by atoms with Gasteiger partial charge in [0.1, 0.15) is 17.0 Å². The molecule has 1 aromatic carbocycles. The molecule has 2 N–H and O–H groups in total. The fraction of sp³-hybridized carbons (Fsp3) is 0.500. The lowest BCUT2D eigenvalue weighted by Crippen LogP contribution is -2.39. The standard InChI is InChI=1S/C18H18N4O3/c1-3-23-13-6-4-12(5-7-13)14-16(9-19)15(21)22-18(17(14,16)10-20)24-8-11(2)25-18/h4-7,11,14H,3,8H2,1-2H3,(H2,21,22)/t11-,14+,16+,17+,18+/m0/s1. The Morgan fingerprint density at radius 1 is 1.32 bits per heavy atom. The number of hydrogen-bond acceptors (Lipinski definition) is 7. The largest absolute Gasteiger partial charge is 0.494 e. The number of aliphatic imine (C=N–C) groups is 1. The monoisotopic (exact) mass is 338 g/mol. The minimum absolute atomic E-state index is 0.101. The highest BCUT2D eigenvalue weighted by atomic mass is 16.8. The van der Waals surface area contributed by atoms with E-state index in [1.807, 2.05) is 38.1 Å². The molecule has 2 fully saturated rings. The third-order valence-corrected chi connectivity index (χ3v) is 5.33. The van der Waals surface area contributed by atoms with Crippen molar-refractivity contribution in [1.82, 2.24) is 0 Å². The highest BCUT2D eigenvalue weighted by molar-refractivity contribution is 6.00. The van der Waals surface area contributed by atoms with Crippen molar-refractivity contribution in [2.45, 2.75) is 31.8 Å². The summed E-state index contributed by atoms with van der Waals surface area (Å²) in [7, 11) is 0. The molecule has 128 valence electrons. The minimum Gasteiger partial charge on any atom is -0.494 e. The molecule has 4 rings (SSSR count). The lowest BCUT2D eigenvalue weighted by atomic mass is 9.94. The second-order valence-corrected chi connectivity index (χ2v) is 6.59. The Bertz CT molecular complexity index is 839. The molecule has 0 amide bonds. The molecule has 3 aliphatic rings. The van der Waals surface area contributed by atoms with Gasteiger partial charge in [-0.2, -0.15) is 10.5 Å². The number of rotatable bonds is 3. The van der Waals surface area contributed by atoms with Crippen molar-refractivity contribution < 1.29 is 14.2 Å². The van der Waals surface area contributed by atoms with Crippen molar-refractivity contribution in [2.75, 3.05) is 13.2 Å². The van der Waals surface area contributed by atoms with E-state index in [1.165, 1.54) is 0 Å². The number of nitrogens with two attached hydrogens (primary N) is 1. The first-order valence-electron chi connectivity index (χ1n) is 8.24. The molecule has 1 saturated heterocycles. The Labute approximate surface area is 145 Å². The van der Waals surface area contributed by atoms with Crippen LogP contribution < -0.4 is 10.5 Å². The van der Waals surface area contributed by atoms with Gasteiger partial charge in [0.15, 0.2) is 5.41 Å². The first-order valence-corrected chi connectivity index (χ1v) is 8.24. The summed E-state index contributed by atoms with van der Waals surface area (Å²) < 4.78 is 17.1. The molecular weight excluding hydrogens is 320 g/mol. The first-order chi connectivity index (χ1) is 12.0. The molecule has 1 spiro atoms. The molecule has 0 unspecified atom stereocenters. The molecule has 25 heavy (non-hydrogen) atoms. The van der Waals surface area contributed by atoms with Crippen LogP contribution in [-0.4, -0.2) is 31.1 Å². The lowest BCUT2D eigenvalue weighted by Gasteiger charge is -2.26. The minimum atomic E-state index is -1.51. The number of benzene rings is 1. The molecule has 7 heteroatoms. The van der Waals surface area contributed by atoms with Crippen LogP contribution in [-0.2, 0) is 9.47 Å². The van der Waals surface area contributed by atoms with Crippen LogP contribution in [0, 0.1) is 33.5 Å². The average Bonchev–Trinajstić information content (AvgIpc) is 3.00. The molecule has 1 aliphatic carbocycles. The third-order valence-electron chi connectivity index (χ3n) is 5.33. The predicted octanol–water partition coefficient (Wildman–Crippen LogP) is 1.66. The zero-order chi connectivity index (χ0) is 17.9. The van der Waals surface area contributed by atoms with Crippen molar-refractivity contribution in [2.24, 2.45) is 21.6 Å². The molecule has 2 heterocycles. The van der Waals surface area contributed by atoms with E-state index >= 15 is 0 Å². The topological polar surface area (TPSA) is 114 Å². The Balaban J connectivity index is 1.81. The van der Waals surface area contributed by atoms with Crippen LogP contribution in [0.5, 0.6) is 5.75 Å². The maximum absolute atomic E-state index is 10.0. The van der Waals surface area contributed by atoms with E-state index in [2.05, 4.69) is 17.1 Å². The molecule has 1 aromatic rings. The van der Waals surface area contributed by atoms with Crippen molar-refractivity contribution in [1.29, 1.82) is 10.5 Å². The van der Waals surface area contributed by atoms with Gasteiger partial charge in [-0.05, 0) is 31.5 Å². The van der Waals surface area contributed by atoms with Crippen LogP contribution in [0.2, 0.25) is 0 Å². The fourth-order valence-electron chi connectivity index (χ4n) is 4.28. The van der Waals surface area contributed by atoms with Crippen molar-refractivity contribution >= 4 is 5.84 Å². The van der Waals surface area contributed by atoms with Crippen molar-refractivity contribution in [3.05, 3.63) is 29.8 Å². The SMILES string of the molecule is CCOc1ccc([C@H]2[C@@]3(C#N)[C@@]4(N=C(N)[C@@]23C#N)OC[C@H](C)O4)cc1. The fourth-order valence-corrected chi connectivity index (χ4v) is 4.28. The van der Waals surface area contributed by atoms with Crippen LogP contribution in [0.3, 0.4) is 0 Å². The van der Waals surface area contributed by atoms with Gasteiger partial charge in [-0.3, -0.25) is 0 Å². The second-order valence-electron chi connectivity index (χ2n) is 6.59. The summed E-state index contributed by atoms with van der Waals surface area (Å²) >= 11 is 0. The molecule has 0 aromatic heterocycles. The molecule has 1 saturated carbocycles.